The molecule has 0 heterocycles. The second-order valence-corrected chi connectivity index (χ2v) is 7.37. The molecule has 0 fully saturated rings. The number of rotatable bonds is 10. The van der Waals surface area contributed by atoms with Crippen LogP contribution in [-0.4, -0.2) is 42.4 Å². The topological polar surface area (TPSA) is 58.2 Å². The summed E-state index contributed by atoms with van der Waals surface area (Å²) in [7, 11) is 0. The van der Waals surface area contributed by atoms with Crippen LogP contribution in [0.4, 0.5) is 0 Å². The van der Waals surface area contributed by atoms with Crippen LogP contribution >= 0.6 is 35.1 Å². The molecule has 1 atom stereocenters. The lowest BCUT2D eigenvalue weighted by Crippen LogP contribution is -2.38. The Morgan fingerprint density at radius 2 is 1.61 bits per heavy atom. The first kappa shape index (κ1) is 20.2. The lowest BCUT2D eigenvalue weighted by molar-refractivity contribution is -0.123. The monoisotopic (exact) mass is 374 g/mol. The first-order chi connectivity index (χ1) is 11.1. The van der Waals surface area contributed by atoms with Crippen molar-refractivity contribution in [3.8, 4) is 0 Å². The van der Waals surface area contributed by atoms with E-state index in [-0.39, 0.29) is 17.9 Å². The summed E-state index contributed by atoms with van der Waals surface area (Å²) in [4.78, 5) is 23.8. The largest absolute Gasteiger partial charge is 0.354 e. The lowest BCUT2D eigenvalue weighted by Gasteiger charge is -2.20. The first-order valence-corrected chi connectivity index (χ1v) is 10.5. The highest BCUT2D eigenvalue weighted by Gasteiger charge is 2.15. The Bertz CT molecular complexity index is 497. The minimum atomic E-state index is -0.250. The molecule has 0 saturated heterocycles. The van der Waals surface area contributed by atoms with E-state index in [2.05, 4.69) is 10.6 Å². The van der Waals surface area contributed by atoms with E-state index in [1.165, 1.54) is 0 Å². The van der Waals surface area contributed by atoms with Gasteiger partial charge in [0, 0.05) is 35.9 Å². The molecule has 23 heavy (non-hydrogen) atoms. The molecule has 128 valence electrons. The van der Waals surface area contributed by atoms with E-state index in [1.807, 2.05) is 24.6 Å². The van der Waals surface area contributed by atoms with Crippen LogP contribution in [0, 0.1) is 0 Å². The van der Waals surface area contributed by atoms with Crippen LogP contribution in [0.25, 0.3) is 0 Å². The number of nitrogens with one attached hydrogen (secondary N) is 2. The minimum Gasteiger partial charge on any atom is -0.354 e. The molecule has 1 rings (SSSR count). The number of amides is 2. The molecule has 1 aromatic rings. The van der Waals surface area contributed by atoms with Gasteiger partial charge in [0.2, 0.25) is 11.8 Å². The molecule has 2 N–H and O–H groups in total. The highest BCUT2D eigenvalue weighted by molar-refractivity contribution is 7.98. The molecule has 4 nitrogen and oxygen atoms in total. The van der Waals surface area contributed by atoms with Crippen molar-refractivity contribution in [3.05, 3.63) is 34.9 Å². The molecule has 0 aliphatic heterocycles. The molecule has 0 aromatic heterocycles. The first-order valence-electron chi connectivity index (χ1n) is 7.36. The Morgan fingerprint density at radius 3 is 2.17 bits per heavy atom. The van der Waals surface area contributed by atoms with Crippen LogP contribution in [0.5, 0.6) is 0 Å². The maximum Gasteiger partial charge on any atom is 0.221 e. The van der Waals surface area contributed by atoms with Gasteiger partial charge in [-0.25, -0.2) is 0 Å². The molecule has 1 aromatic carbocycles. The van der Waals surface area contributed by atoms with Crippen molar-refractivity contribution in [2.24, 2.45) is 0 Å². The number of hydrogen-bond donors (Lipinski definition) is 2. The van der Waals surface area contributed by atoms with E-state index in [0.717, 1.165) is 17.1 Å². The summed E-state index contributed by atoms with van der Waals surface area (Å²) in [5.41, 5.74) is 0.928. The van der Waals surface area contributed by atoms with Crippen molar-refractivity contribution in [1.82, 2.24) is 10.6 Å². The fraction of sp³-hybridized carbons (Fsp3) is 0.500. The maximum absolute atomic E-state index is 12.0. The molecule has 0 saturated carbocycles. The lowest BCUT2D eigenvalue weighted by atomic mass is 10.1. The zero-order valence-electron chi connectivity index (χ0n) is 13.4. The minimum absolute atomic E-state index is 0.00308. The normalized spacial score (nSPS) is 11.8. The molecule has 7 heteroatoms. The summed E-state index contributed by atoms with van der Waals surface area (Å²) >= 11 is 9.18. The molecular weight excluding hydrogens is 352 g/mol. The average molecular weight is 375 g/mol. The van der Waals surface area contributed by atoms with E-state index in [1.54, 1.807) is 35.7 Å². The van der Waals surface area contributed by atoms with Gasteiger partial charge in [-0.2, -0.15) is 23.5 Å². The zero-order valence-corrected chi connectivity index (χ0v) is 15.8. The molecular formula is C16H23ClN2O2S2. The Labute approximate surface area is 151 Å². The van der Waals surface area contributed by atoms with Crippen molar-refractivity contribution in [3.63, 3.8) is 0 Å². The molecule has 0 bridgehead atoms. The molecule has 0 unspecified atom stereocenters. The van der Waals surface area contributed by atoms with Crippen LogP contribution in [0.2, 0.25) is 5.02 Å². The van der Waals surface area contributed by atoms with Crippen LogP contribution in [0.15, 0.2) is 24.3 Å². The van der Waals surface area contributed by atoms with Crippen LogP contribution < -0.4 is 10.6 Å². The van der Waals surface area contributed by atoms with Gasteiger partial charge >= 0.3 is 0 Å². The van der Waals surface area contributed by atoms with E-state index in [4.69, 9.17) is 11.6 Å². The fourth-order valence-electron chi connectivity index (χ4n) is 1.91. The van der Waals surface area contributed by atoms with Crippen molar-refractivity contribution in [2.75, 3.05) is 30.6 Å². The van der Waals surface area contributed by atoms with Gasteiger partial charge in [0.25, 0.3) is 0 Å². The van der Waals surface area contributed by atoms with E-state index >= 15 is 0 Å². The predicted octanol–water partition coefficient (Wildman–Crippen LogP) is 3.12. The third-order valence-corrected chi connectivity index (χ3v) is 4.65. The smallest absolute Gasteiger partial charge is 0.221 e. The Kier molecular flexibility index (Phi) is 10.2. The standard InChI is InChI=1S/C16H23ClN2O2S2/c1-22-9-7-15(20)18-11-14(19-16(21)8-10-23-2)12-3-5-13(17)6-4-12/h3-6,14H,7-11H2,1-2H3,(H,18,20)(H,19,21)/t14-/m0/s1. The Morgan fingerprint density at radius 1 is 1.04 bits per heavy atom. The van der Waals surface area contributed by atoms with Gasteiger partial charge < -0.3 is 10.6 Å². The third kappa shape index (κ3) is 8.53. The van der Waals surface area contributed by atoms with Crippen LogP contribution in [-0.2, 0) is 9.59 Å². The fourth-order valence-corrected chi connectivity index (χ4v) is 2.81. The van der Waals surface area contributed by atoms with Crippen LogP contribution in [0.3, 0.4) is 0 Å². The van der Waals surface area contributed by atoms with Crippen molar-refractivity contribution in [2.45, 2.75) is 18.9 Å². The molecule has 0 aliphatic rings. The molecule has 0 radical (unpaired) electrons. The second-order valence-electron chi connectivity index (χ2n) is 4.96. The number of carbonyl (C=O) groups is 2. The quantitative estimate of drug-likeness (QED) is 0.660. The average Bonchev–Trinajstić information content (AvgIpc) is 2.55. The van der Waals surface area contributed by atoms with E-state index < -0.39 is 0 Å². The maximum atomic E-state index is 12.0. The van der Waals surface area contributed by atoms with Gasteiger partial charge in [0.1, 0.15) is 0 Å². The second kappa shape index (κ2) is 11.6. The summed E-state index contributed by atoms with van der Waals surface area (Å²) in [5.74, 6) is 1.55. The van der Waals surface area contributed by atoms with Gasteiger partial charge in [-0.1, -0.05) is 23.7 Å². The van der Waals surface area contributed by atoms with Gasteiger partial charge in [-0.15, -0.1) is 0 Å². The molecule has 0 spiro atoms. The molecule has 2 amide bonds. The summed E-state index contributed by atoms with van der Waals surface area (Å²) in [5, 5.41) is 6.51. The highest BCUT2D eigenvalue weighted by atomic mass is 35.5. The Hall–Kier alpha value is -0.850. The van der Waals surface area contributed by atoms with Crippen molar-refractivity contribution in [1.29, 1.82) is 0 Å². The number of carbonyl (C=O) groups excluding carboxylic acids is 2. The zero-order chi connectivity index (χ0) is 17.1. The van der Waals surface area contributed by atoms with E-state index in [9.17, 15) is 9.59 Å². The van der Waals surface area contributed by atoms with Crippen LogP contribution in [0.1, 0.15) is 24.4 Å². The number of benzene rings is 1. The summed E-state index contributed by atoms with van der Waals surface area (Å²) < 4.78 is 0. The number of halogens is 1. The van der Waals surface area contributed by atoms with Crippen molar-refractivity contribution < 1.29 is 9.59 Å². The van der Waals surface area contributed by atoms with E-state index in [0.29, 0.717) is 24.4 Å². The third-order valence-electron chi connectivity index (χ3n) is 3.18. The van der Waals surface area contributed by atoms with Gasteiger partial charge in [0.15, 0.2) is 0 Å². The number of thioether (sulfide) groups is 2. The Balaban J connectivity index is 2.66. The van der Waals surface area contributed by atoms with Crippen molar-refractivity contribution >= 4 is 46.9 Å². The van der Waals surface area contributed by atoms with Gasteiger partial charge in [-0.3, -0.25) is 9.59 Å². The number of hydrogen-bond acceptors (Lipinski definition) is 4. The highest BCUT2D eigenvalue weighted by Crippen LogP contribution is 2.16. The summed E-state index contributed by atoms with van der Waals surface area (Å²) in [6, 6.07) is 7.06. The van der Waals surface area contributed by atoms with Gasteiger partial charge in [0.05, 0.1) is 6.04 Å². The summed E-state index contributed by atoms with van der Waals surface area (Å²) in [6.07, 6.45) is 4.88. The van der Waals surface area contributed by atoms with Gasteiger partial charge in [-0.05, 0) is 30.2 Å². The predicted molar refractivity (Wildman–Crippen MR) is 101 cm³/mol. The molecule has 0 aliphatic carbocycles. The SMILES string of the molecule is CSCCC(=O)NC[C@H](NC(=O)CCSC)c1ccc(Cl)cc1. The summed E-state index contributed by atoms with van der Waals surface area (Å²) in [6.45, 7) is 0.375.